The summed E-state index contributed by atoms with van der Waals surface area (Å²) in [6, 6.07) is 6.21. The molecule has 0 amide bonds. The molecular formula is C17H26N2O. The van der Waals surface area contributed by atoms with Crippen molar-refractivity contribution in [1.29, 1.82) is 0 Å². The average Bonchev–Trinajstić information content (AvgIpc) is 2.49. The van der Waals surface area contributed by atoms with Crippen LogP contribution >= 0.6 is 0 Å². The van der Waals surface area contributed by atoms with Gasteiger partial charge in [-0.3, -0.25) is 4.90 Å². The van der Waals surface area contributed by atoms with Gasteiger partial charge in [-0.05, 0) is 37.2 Å². The predicted octanol–water partition coefficient (Wildman–Crippen LogP) is 2.63. The molecule has 1 rings (SSSR count). The number of benzene rings is 1. The molecule has 0 bridgehead atoms. The van der Waals surface area contributed by atoms with Crippen LogP contribution < -0.4 is 10.5 Å². The number of nitrogens with two attached hydrogens (primary N) is 1. The largest absolute Gasteiger partial charge is 0.495 e. The molecule has 0 fully saturated rings. The summed E-state index contributed by atoms with van der Waals surface area (Å²) in [7, 11) is 1.67. The summed E-state index contributed by atoms with van der Waals surface area (Å²) in [5.41, 5.74) is 7.63. The highest BCUT2D eigenvalue weighted by atomic mass is 16.5. The van der Waals surface area contributed by atoms with Crippen LogP contribution in [-0.4, -0.2) is 31.6 Å². The fraction of sp³-hybridized carbons (Fsp3) is 0.529. The molecule has 0 aromatic heterocycles. The highest BCUT2D eigenvalue weighted by Crippen LogP contribution is 2.20. The fourth-order valence-electron chi connectivity index (χ4n) is 2.09. The lowest BCUT2D eigenvalue weighted by Crippen LogP contribution is -2.23. The number of hydrogen-bond donors (Lipinski definition) is 1. The van der Waals surface area contributed by atoms with Gasteiger partial charge < -0.3 is 10.5 Å². The van der Waals surface area contributed by atoms with Crippen molar-refractivity contribution >= 4 is 0 Å². The molecule has 110 valence electrons. The Balaban J connectivity index is 2.84. The van der Waals surface area contributed by atoms with Crippen molar-refractivity contribution in [1.82, 2.24) is 4.90 Å². The van der Waals surface area contributed by atoms with Gasteiger partial charge in [-0.1, -0.05) is 38.2 Å². The van der Waals surface area contributed by atoms with Crippen LogP contribution in [0.3, 0.4) is 0 Å². The smallest absolute Gasteiger partial charge is 0.134 e. The van der Waals surface area contributed by atoms with Gasteiger partial charge in [0.25, 0.3) is 0 Å². The van der Waals surface area contributed by atoms with Crippen molar-refractivity contribution in [2.75, 3.05) is 26.7 Å². The maximum absolute atomic E-state index is 5.44. The molecule has 0 aliphatic heterocycles. The number of methoxy groups -OCH3 is 1. The molecule has 0 saturated carbocycles. The van der Waals surface area contributed by atoms with Crippen molar-refractivity contribution in [3.63, 3.8) is 0 Å². The second-order valence-corrected chi connectivity index (χ2v) is 4.76. The zero-order chi connectivity index (χ0) is 14.8. The minimum Gasteiger partial charge on any atom is -0.495 e. The van der Waals surface area contributed by atoms with E-state index in [1.165, 1.54) is 18.4 Å². The van der Waals surface area contributed by atoms with Gasteiger partial charge >= 0.3 is 0 Å². The van der Waals surface area contributed by atoms with Gasteiger partial charge in [0.05, 0.1) is 19.2 Å². The van der Waals surface area contributed by atoms with Crippen LogP contribution in [0.15, 0.2) is 18.2 Å². The number of rotatable bonds is 7. The van der Waals surface area contributed by atoms with Crippen LogP contribution in [-0.2, 0) is 6.54 Å². The molecule has 0 saturated heterocycles. The molecule has 0 heterocycles. The third-order valence-corrected chi connectivity index (χ3v) is 3.27. The molecule has 0 unspecified atom stereocenters. The minimum absolute atomic E-state index is 0.366. The second kappa shape index (κ2) is 9.41. The Labute approximate surface area is 123 Å². The van der Waals surface area contributed by atoms with Crippen molar-refractivity contribution in [3.8, 4) is 17.6 Å². The van der Waals surface area contributed by atoms with E-state index in [4.69, 9.17) is 10.5 Å². The first kappa shape index (κ1) is 16.6. The summed E-state index contributed by atoms with van der Waals surface area (Å²) < 4.78 is 5.34. The maximum atomic E-state index is 5.44. The lowest BCUT2D eigenvalue weighted by molar-refractivity contribution is 0.275. The Morgan fingerprint density at radius 3 is 2.70 bits per heavy atom. The summed E-state index contributed by atoms with van der Waals surface area (Å²) in [4.78, 5) is 2.45. The third kappa shape index (κ3) is 5.24. The first-order valence-electron chi connectivity index (χ1n) is 7.33. The van der Waals surface area contributed by atoms with Gasteiger partial charge in [-0.2, -0.15) is 0 Å². The highest BCUT2D eigenvalue weighted by molar-refractivity contribution is 5.48. The van der Waals surface area contributed by atoms with Crippen molar-refractivity contribution < 1.29 is 4.74 Å². The lowest BCUT2D eigenvalue weighted by Gasteiger charge is -2.20. The van der Waals surface area contributed by atoms with E-state index in [1.807, 2.05) is 6.07 Å². The quantitative estimate of drug-likeness (QED) is 0.777. The Bertz CT molecular complexity index is 460. The van der Waals surface area contributed by atoms with E-state index in [2.05, 4.69) is 42.7 Å². The van der Waals surface area contributed by atoms with Crippen molar-refractivity contribution in [3.05, 3.63) is 29.3 Å². The molecule has 20 heavy (non-hydrogen) atoms. The molecule has 1 aromatic rings. The number of ether oxygens (including phenoxy) is 1. The molecule has 3 nitrogen and oxygen atoms in total. The summed E-state index contributed by atoms with van der Waals surface area (Å²) >= 11 is 0. The topological polar surface area (TPSA) is 38.5 Å². The second-order valence-electron chi connectivity index (χ2n) is 4.76. The minimum atomic E-state index is 0.366. The van der Waals surface area contributed by atoms with E-state index >= 15 is 0 Å². The molecule has 1 aromatic carbocycles. The monoisotopic (exact) mass is 274 g/mol. The standard InChI is InChI=1S/C17H26N2O/c1-4-6-12-19(5-2)14-15-9-10-17(20-3)16(13-15)8-7-11-18/h9-10,13H,4-6,11-12,14,18H2,1-3H3. The lowest BCUT2D eigenvalue weighted by atomic mass is 10.1. The van der Waals surface area contributed by atoms with Crippen LogP contribution in [0.5, 0.6) is 5.75 Å². The van der Waals surface area contributed by atoms with E-state index in [1.54, 1.807) is 7.11 Å². The molecule has 0 radical (unpaired) electrons. The van der Waals surface area contributed by atoms with Gasteiger partial charge in [0.2, 0.25) is 0 Å². The van der Waals surface area contributed by atoms with E-state index in [0.717, 1.165) is 30.9 Å². The predicted molar refractivity (Wildman–Crippen MR) is 84.8 cm³/mol. The molecule has 3 heteroatoms. The fourth-order valence-corrected chi connectivity index (χ4v) is 2.09. The van der Waals surface area contributed by atoms with Gasteiger partial charge in [0.1, 0.15) is 5.75 Å². The molecule has 0 spiro atoms. The number of unbranched alkanes of at least 4 members (excludes halogenated alkanes) is 1. The molecule has 0 aliphatic rings. The zero-order valence-corrected chi connectivity index (χ0v) is 12.9. The Hall–Kier alpha value is -1.50. The number of nitrogens with zero attached hydrogens (tertiary/aromatic N) is 1. The van der Waals surface area contributed by atoms with E-state index in [9.17, 15) is 0 Å². The first-order valence-corrected chi connectivity index (χ1v) is 7.33. The van der Waals surface area contributed by atoms with Gasteiger partial charge in [0, 0.05) is 6.54 Å². The van der Waals surface area contributed by atoms with E-state index in [0.29, 0.717) is 6.54 Å². The van der Waals surface area contributed by atoms with E-state index in [-0.39, 0.29) is 0 Å². The van der Waals surface area contributed by atoms with Gasteiger partial charge in [0.15, 0.2) is 0 Å². The Kier molecular flexibility index (Phi) is 7.79. The normalized spacial score (nSPS) is 10.2. The van der Waals surface area contributed by atoms with Crippen molar-refractivity contribution in [2.24, 2.45) is 5.73 Å². The van der Waals surface area contributed by atoms with Gasteiger partial charge in [-0.15, -0.1) is 0 Å². The first-order chi connectivity index (χ1) is 9.74. The SMILES string of the molecule is CCCCN(CC)Cc1ccc(OC)c(C#CCN)c1. The van der Waals surface area contributed by atoms with E-state index < -0.39 is 0 Å². The van der Waals surface area contributed by atoms with Crippen LogP contribution in [0.1, 0.15) is 37.8 Å². The summed E-state index contributed by atoms with van der Waals surface area (Å²) in [5.74, 6) is 6.78. The zero-order valence-electron chi connectivity index (χ0n) is 12.9. The highest BCUT2D eigenvalue weighted by Gasteiger charge is 2.06. The van der Waals surface area contributed by atoms with Crippen LogP contribution in [0, 0.1) is 11.8 Å². The van der Waals surface area contributed by atoms with Crippen molar-refractivity contribution in [2.45, 2.75) is 33.2 Å². The summed E-state index contributed by atoms with van der Waals surface area (Å²) in [6.07, 6.45) is 2.47. The van der Waals surface area contributed by atoms with Gasteiger partial charge in [-0.25, -0.2) is 0 Å². The third-order valence-electron chi connectivity index (χ3n) is 3.27. The van der Waals surface area contributed by atoms with Crippen LogP contribution in [0.4, 0.5) is 0 Å². The molecule has 0 atom stereocenters. The number of hydrogen-bond acceptors (Lipinski definition) is 3. The summed E-state index contributed by atoms with van der Waals surface area (Å²) in [5, 5.41) is 0. The summed E-state index contributed by atoms with van der Waals surface area (Å²) in [6.45, 7) is 7.96. The Morgan fingerprint density at radius 2 is 2.10 bits per heavy atom. The molecule has 2 N–H and O–H groups in total. The molecule has 0 aliphatic carbocycles. The average molecular weight is 274 g/mol. The van der Waals surface area contributed by atoms with Crippen LogP contribution in [0.25, 0.3) is 0 Å². The molecular weight excluding hydrogens is 248 g/mol. The maximum Gasteiger partial charge on any atom is 0.134 e. The van der Waals surface area contributed by atoms with Crippen LogP contribution in [0.2, 0.25) is 0 Å². The Morgan fingerprint density at radius 1 is 1.30 bits per heavy atom.